The SMILES string of the molecule is C[C@]1(c2nc(CC(=O)c3ncc(Cl)cc3N)ccc2F)N=C(N)OCC1(F)F. The zero-order valence-corrected chi connectivity index (χ0v) is 15.3. The van der Waals surface area contributed by atoms with Crippen molar-refractivity contribution in [1.82, 2.24) is 9.97 Å². The minimum absolute atomic E-state index is 0.0369. The third-order valence-corrected chi connectivity index (χ3v) is 4.51. The highest BCUT2D eigenvalue weighted by Gasteiger charge is 2.57. The van der Waals surface area contributed by atoms with Gasteiger partial charge in [-0.05, 0) is 25.1 Å². The van der Waals surface area contributed by atoms with Crippen molar-refractivity contribution in [2.75, 3.05) is 12.3 Å². The predicted octanol–water partition coefficient (Wildman–Crippen LogP) is 2.47. The third kappa shape index (κ3) is 3.47. The van der Waals surface area contributed by atoms with Crippen LogP contribution in [0.1, 0.15) is 28.8 Å². The molecule has 7 nitrogen and oxygen atoms in total. The normalized spacial score (nSPS) is 21.0. The lowest BCUT2D eigenvalue weighted by atomic mass is 9.88. The van der Waals surface area contributed by atoms with E-state index in [1.165, 1.54) is 18.3 Å². The summed E-state index contributed by atoms with van der Waals surface area (Å²) in [6.07, 6.45) is 0.902. The highest BCUT2D eigenvalue weighted by molar-refractivity contribution is 6.30. The lowest BCUT2D eigenvalue weighted by Crippen LogP contribution is -2.51. The van der Waals surface area contributed by atoms with E-state index >= 15 is 0 Å². The van der Waals surface area contributed by atoms with Gasteiger partial charge in [-0.1, -0.05) is 11.6 Å². The van der Waals surface area contributed by atoms with Crippen LogP contribution in [0.5, 0.6) is 0 Å². The fraction of sp³-hybridized carbons (Fsp3) is 0.294. The number of ether oxygens (including phenoxy) is 1. The van der Waals surface area contributed by atoms with Crippen molar-refractivity contribution >= 4 is 29.1 Å². The second-order valence-electron chi connectivity index (χ2n) is 6.34. The Balaban J connectivity index is 1.98. The average molecular weight is 414 g/mol. The van der Waals surface area contributed by atoms with Gasteiger partial charge in [-0.15, -0.1) is 0 Å². The Morgan fingerprint density at radius 2 is 2.07 bits per heavy atom. The van der Waals surface area contributed by atoms with E-state index in [1.807, 2.05) is 0 Å². The Labute approximate surface area is 162 Å². The van der Waals surface area contributed by atoms with E-state index in [4.69, 9.17) is 23.1 Å². The molecule has 4 N–H and O–H groups in total. The van der Waals surface area contributed by atoms with E-state index in [-0.39, 0.29) is 28.5 Å². The Bertz CT molecular complexity index is 985. The lowest BCUT2D eigenvalue weighted by molar-refractivity contribution is -0.118. The van der Waals surface area contributed by atoms with Crippen molar-refractivity contribution in [1.29, 1.82) is 0 Å². The number of carbonyl (C=O) groups excluding carboxylic acids is 1. The molecule has 0 amide bonds. The number of nitrogens with zero attached hydrogens (tertiary/aromatic N) is 3. The van der Waals surface area contributed by atoms with Crippen LogP contribution in [0.4, 0.5) is 18.9 Å². The number of nitrogen functional groups attached to an aromatic ring is 1. The van der Waals surface area contributed by atoms with Crippen LogP contribution in [0, 0.1) is 5.82 Å². The third-order valence-electron chi connectivity index (χ3n) is 4.30. The van der Waals surface area contributed by atoms with Gasteiger partial charge < -0.3 is 16.2 Å². The summed E-state index contributed by atoms with van der Waals surface area (Å²) in [5.74, 6) is -5.12. The summed E-state index contributed by atoms with van der Waals surface area (Å²) in [7, 11) is 0. The minimum atomic E-state index is -3.57. The Hall–Kier alpha value is -2.88. The maximum absolute atomic E-state index is 14.4. The summed E-state index contributed by atoms with van der Waals surface area (Å²) >= 11 is 5.75. The van der Waals surface area contributed by atoms with Gasteiger partial charge in [-0.25, -0.2) is 14.4 Å². The number of rotatable bonds is 4. The summed E-state index contributed by atoms with van der Waals surface area (Å²) in [5.41, 5.74) is 8.12. The number of Topliss-reactive ketones (excluding diaryl/α,β-unsaturated/α-hetero) is 1. The highest BCUT2D eigenvalue weighted by Crippen LogP contribution is 2.43. The fourth-order valence-electron chi connectivity index (χ4n) is 2.72. The number of alkyl halides is 2. The molecule has 2 aromatic rings. The number of nitrogens with two attached hydrogens (primary N) is 2. The second-order valence-corrected chi connectivity index (χ2v) is 6.78. The Morgan fingerprint density at radius 1 is 1.36 bits per heavy atom. The number of aliphatic imine (C=N–C) groups is 1. The maximum atomic E-state index is 14.4. The van der Waals surface area contributed by atoms with Gasteiger partial charge in [0.05, 0.1) is 17.1 Å². The molecule has 0 fully saturated rings. The predicted molar refractivity (Wildman–Crippen MR) is 95.8 cm³/mol. The monoisotopic (exact) mass is 413 g/mol. The maximum Gasteiger partial charge on any atom is 0.311 e. The molecule has 0 saturated carbocycles. The molecular weight excluding hydrogens is 399 g/mol. The molecule has 11 heteroatoms. The molecule has 148 valence electrons. The zero-order valence-electron chi connectivity index (χ0n) is 14.5. The first kappa shape index (κ1) is 19.9. The Morgan fingerprint density at radius 3 is 2.75 bits per heavy atom. The van der Waals surface area contributed by atoms with Crippen LogP contribution in [0.25, 0.3) is 0 Å². The molecule has 28 heavy (non-hydrogen) atoms. The quantitative estimate of drug-likeness (QED) is 0.744. The van der Waals surface area contributed by atoms with Gasteiger partial charge >= 0.3 is 5.92 Å². The molecule has 0 bridgehead atoms. The summed E-state index contributed by atoms with van der Waals surface area (Å²) in [6, 6.07) is 2.99. The molecule has 3 heterocycles. The molecule has 3 rings (SSSR count). The van der Waals surface area contributed by atoms with Crippen molar-refractivity contribution in [2.45, 2.75) is 24.8 Å². The Kier molecular flexibility index (Phi) is 4.92. The topological polar surface area (TPSA) is 116 Å². The van der Waals surface area contributed by atoms with Crippen LogP contribution in [0.2, 0.25) is 5.02 Å². The standard InChI is InChI=1S/C17H15ClF3N5O2/c1-16(17(20,21)7-28-15(23)26-16)14-10(19)3-2-9(25-14)5-12(27)13-11(22)4-8(18)6-24-13/h2-4,6H,5,7,22H2,1H3,(H2,23,26)/t16-/m1/s1. The van der Waals surface area contributed by atoms with Crippen LogP contribution < -0.4 is 11.5 Å². The molecule has 1 aliphatic heterocycles. The number of pyridine rings is 2. The first-order valence-electron chi connectivity index (χ1n) is 7.99. The minimum Gasteiger partial charge on any atom is -0.459 e. The smallest absolute Gasteiger partial charge is 0.311 e. The van der Waals surface area contributed by atoms with Crippen molar-refractivity contribution in [3.63, 3.8) is 0 Å². The molecule has 0 spiro atoms. The van der Waals surface area contributed by atoms with Crippen LogP contribution in [-0.2, 0) is 16.7 Å². The van der Waals surface area contributed by atoms with E-state index in [0.29, 0.717) is 0 Å². The van der Waals surface area contributed by atoms with Crippen LogP contribution in [0.3, 0.4) is 0 Å². The number of anilines is 1. The molecule has 0 unspecified atom stereocenters. The summed E-state index contributed by atoms with van der Waals surface area (Å²) < 4.78 is 47.8. The zero-order chi connectivity index (χ0) is 20.7. The van der Waals surface area contributed by atoms with E-state index < -0.39 is 41.4 Å². The van der Waals surface area contributed by atoms with Gasteiger partial charge in [0.1, 0.15) is 17.2 Å². The number of hydrogen-bond donors (Lipinski definition) is 2. The summed E-state index contributed by atoms with van der Waals surface area (Å²) in [6.45, 7) is -0.0769. The second kappa shape index (κ2) is 6.93. The average Bonchev–Trinajstić information content (AvgIpc) is 2.60. The first-order valence-corrected chi connectivity index (χ1v) is 8.37. The molecule has 0 saturated heterocycles. The van der Waals surface area contributed by atoms with Crippen LogP contribution >= 0.6 is 11.6 Å². The van der Waals surface area contributed by atoms with Crippen LogP contribution in [-0.4, -0.2) is 34.3 Å². The number of carbonyl (C=O) groups is 1. The largest absolute Gasteiger partial charge is 0.459 e. The van der Waals surface area contributed by atoms with E-state index in [2.05, 4.69) is 19.7 Å². The van der Waals surface area contributed by atoms with Crippen LogP contribution in [0.15, 0.2) is 29.4 Å². The van der Waals surface area contributed by atoms with Gasteiger partial charge in [-0.3, -0.25) is 9.78 Å². The van der Waals surface area contributed by atoms with Gasteiger partial charge in [-0.2, -0.15) is 8.78 Å². The highest BCUT2D eigenvalue weighted by atomic mass is 35.5. The fourth-order valence-corrected chi connectivity index (χ4v) is 2.89. The summed E-state index contributed by atoms with van der Waals surface area (Å²) in [4.78, 5) is 23.8. The van der Waals surface area contributed by atoms with Gasteiger partial charge in [0.15, 0.2) is 17.9 Å². The molecule has 0 aromatic carbocycles. The number of ketones is 1. The van der Waals surface area contributed by atoms with Crippen molar-refractivity contribution in [2.24, 2.45) is 10.7 Å². The van der Waals surface area contributed by atoms with Crippen molar-refractivity contribution in [3.8, 4) is 0 Å². The van der Waals surface area contributed by atoms with Crippen molar-refractivity contribution < 1.29 is 22.7 Å². The molecular formula is C17H15ClF3N5O2. The van der Waals surface area contributed by atoms with E-state index in [9.17, 15) is 18.0 Å². The summed E-state index contributed by atoms with van der Waals surface area (Å²) in [5, 5.41) is 0.251. The lowest BCUT2D eigenvalue weighted by Gasteiger charge is -2.36. The van der Waals surface area contributed by atoms with Crippen molar-refractivity contribution in [3.05, 3.63) is 52.3 Å². The van der Waals surface area contributed by atoms with Gasteiger partial charge in [0.25, 0.3) is 6.02 Å². The number of halogens is 4. The molecule has 0 aliphatic carbocycles. The first-order chi connectivity index (χ1) is 13.0. The van der Waals surface area contributed by atoms with Gasteiger partial charge in [0.2, 0.25) is 0 Å². The van der Waals surface area contributed by atoms with E-state index in [0.717, 1.165) is 13.0 Å². The molecule has 1 atom stereocenters. The number of aromatic nitrogens is 2. The van der Waals surface area contributed by atoms with Gasteiger partial charge in [0, 0.05) is 11.9 Å². The molecule has 0 radical (unpaired) electrons. The number of hydrogen-bond acceptors (Lipinski definition) is 7. The molecule has 2 aromatic heterocycles. The van der Waals surface area contributed by atoms with E-state index in [1.54, 1.807) is 0 Å². The number of amidine groups is 1. The molecule has 1 aliphatic rings.